The third-order valence-corrected chi connectivity index (χ3v) is 11.7. The van der Waals surface area contributed by atoms with E-state index in [0.717, 1.165) is 89.9 Å². The molecule has 6 heteroatoms. The molecule has 0 bridgehead atoms. The Labute approximate surface area is 407 Å². The van der Waals surface area contributed by atoms with Gasteiger partial charge in [-0.25, -0.2) is 0 Å². The highest BCUT2D eigenvalue weighted by atomic mass is 16.6. The van der Waals surface area contributed by atoms with E-state index in [1.165, 1.54) is 122 Å². The maximum atomic E-state index is 12.8. The van der Waals surface area contributed by atoms with E-state index in [1.54, 1.807) is 0 Å². The molecule has 1 atom stereocenters. The SMILES string of the molecule is CC/C=C\C/C=C\C/C=C\C/C=C\CCC(=O)OCC(COC(=O)CCCCCCCCCCCCCCCCCCCC)OC(=O)CCCCCCCCC/C=C\C/C=C\C/C=C\CC. The second-order valence-electron chi connectivity index (χ2n) is 18.1. The summed E-state index contributed by atoms with van der Waals surface area (Å²) in [4.78, 5) is 38.0. The summed E-state index contributed by atoms with van der Waals surface area (Å²) in [6.45, 7) is 6.36. The van der Waals surface area contributed by atoms with Crippen LogP contribution in [-0.2, 0) is 28.6 Å². The van der Waals surface area contributed by atoms with Crippen molar-refractivity contribution in [1.82, 2.24) is 0 Å². The summed E-state index contributed by atoms with van der Waals surface area (Å²) in [7, 11) is 0. The summed E-state index contributed by atoms with van der Waals surface area (Å²) < 4.78 is 16.8. The lowest BCUT2D eigenvalue weighted by Crippen LogP contribution is -2.30. The Kier molecular flexibility index (Phi) is 51.4. The summed E-state index contributed by atoms with van der Waals surface area (Å²) in [5.41, 5.74) is 0. The van der Waals surface area contributed by atoms with Gasteiger partial charge < -0.3 is 14.2 Å². The van der Waals surface area contributed by atoms with Crippen molar-refractivity contribution in [2.24, 2.45) is 0 Å². The highest BCUT2D eigenvalue weighted by Crippen LogP contribution is 2.16. The van der Waals surface area contributed by atoms with E-state index in [1.807, 2.05) is 6.08 Å². The quantitative estimate of drug-likeness (QED) is 0.0262. The van der Waals surface area contributed by atoms with Crippen LogP contribution in [0, 0.1) is 0 Å². The van der Waals surface area contributed by atoms with E-state index in [0.29, 0.717) is 19.3 Å². The summed E-state index contributed by atoms with van der Waals surface area (Å²) in [6, 6.07) is 0. The molecule has 0 saturated heterocycles. The van der Waals surface area contributed by atoms with Crippen LogP contribution in [0.2, 0.25) is 0 Å². The van der Waals surface area contributed by atoms with Crippen LogP contribution in [0.15, 0.2) is 85.1 Å². The van der Waals surface area contributed by atoms with E-state index in [4.69, 9.17) is 14.2 Å². The molecule has 0 saturated carbocycles. The number of unbranched alkanes of at least 4 members (excludes halogenated alkanes) is 24. The van der Waals surface area contributed by atoms with Crippen LogP contribution in [0.25, 0.3) is 0 Å². The Hall–Kier alpha value is -3.41. The number of rotatable bonds is 49. The van der Waals surface area contributed by atoms with Crippen LogP contribution in [0.5, 0.6) is 0 Å². The van der Waals surface area contributed by atoms with E-state index >= 15 is 0 Å². The minimum absolute atomic E-state index is 0.101. The number of allylic oxidation sites excluding steroid dienone is 14. The molecule has 0 heterocycles. The van der Waals surface area contributed by atoms with Crippen LogP contribution >= 0.6 is 0 Å². The number of carbonyl (C=O) groups is 3. The van der Waals surface area contributed by atoms with Crippen molar-refractivity contribution < 1.29 is 28.6 Å². The highest BCUT2D eigenvalue weighted by Gasteiger charge is 2.19. The van der Waals surface area contributed by atoms with Crippen molar-refractivity contribution in [1.29, 1.82) is 0 Å². The summed E-state index contributed by atoms with van der Waals surface area (Å²) in [5, 5.41) is 0. The van der Waals surface area contributed by atoms with Gasteiger partial charge in [0.1, 0.15) is 13.2 Å². The normalized spacial score (nSPS) is 12.7. The minimum Gasteiger partial charge on any atom is -0.462 e. The Balaban J connectivity index is 4.43. The fraction of sp³-hybridized carbons (Fsp3) is 0.717. The standard InChI is InChI=1S/C60H102O6/c1-4-7-10-13-16-19-22-25-27-29-31-32-35-38-41-44-47-50-53-59(62)65-56-57(55-64-58(61)52-49-46-43-40-37-34-24-21-18-15-12-9-6-3)66-60(63)54-51-48-45-42-39-36-33-30-28-26-23-20-17-14-11-8-5-2/h8-9,11-12,17-18,20-21,26,28,34,37,43,46,57H,4-7,10,13-16,19,22-25,27,29-33,35-36,38-42,44-45,47-56H2,1-3H3/b11-8-,12-9-,20-17-,21-18-,28-26-,37-34-,46-43-. The van der Waals surface area contributed by atoms with Gasteiger partial charge in [0.15, 0.2) is 6.10 Å². The fourth-order valence-corrected chi connectivity index (χ4v) is 7.59. The van der Waals surface area contributed by atoms with Crippen LogP contribution in [0.3, 0.4) is 0 Å². The second kappa shape index (κ2) is 54.2. The fourth-order valence-electron chi connectivity index (χ4n) is 7.59. The van der Waals surface area contributed by atoms with Crippen molar-refractivity contribution in [2.45, 2.75) is 264 Å². The van der Waals surface area contributed by atoms with E-state index in [9.17, 15) is 14.4 Å². The van der Waals surface area contributed by atoms with Crippen molar-refractivity contribution in [3.63, 3.8) is 0 Å². The minimum atomic E-state index is -0.809. The van der Waals surface area contributed by atoms with Gasteiger partial charge >= 0.3 is 17.9 Å². The molecule has 66 heavy (non-hydrogen) atoms. The maximum Gasteiger partial charge on any atom is 0.306 e. The monoisotopic (exact) mass is 919 g/mol. The first kappa shape index (κ1) is 62.6. The van der Waals surface area contributed by atoms with Gasteiger partial charge in [-0.3, -0.25) is 14.4 Å². The Bertz CT molecular complexity index is 1290. The van der Waals surface area contributed by atoms with Gasteiger partial charge in [0.05, 0.1) is 0 Å². The third-order valence-electron chi connectivity index (χ3n) is 11.7. The smallest absolute Gasteiger partial charge is 0.306 e. The van der Waals surface area contributed by atoms with Gasteiger partial charge in [-0.15, -0.1) is 0 Å². The molecule has 378 valence electrons. The zero-order chi connectivity index (χ0) is 47.9. The Morgan fingerprint density at radius 1 is 0.318 bits per heavy atom. The van der Waals surface area contributed by atoms with Crippen molar-refractivity contribution in [3.8, 4) is 0 Å². The first-order chi connectivity index (χ1) is 32.5. The average Bonchev–Trinajstić information content (AvgIpc) is 3.31. The van der Waals surface area contributed by atoms with E-state index in [-0.39, 0.29) is 37.5 Å². The lowest BCUT2D eigenvalue weighted by molar-refractivity contribution is -0.166. The van der Waals surface area contributed by atoms with Crippen molar-refractivity contribution in [3.05, 3.63) is 85.1 Å². The lowest BCUT2D eigenvalue weighted by Gasteiger charge is -2.18. The molecule has 0 aliphatic carbocycles. The van der Waals surface area contributed by atoms with Crippen molar-refractivity contribution in [2.75, 3.05) is 13.2 Å². The summed E-state index contributed by atoms with van der Waals surface area (Å²) in [5.74, 6) is -0.991. The van der Waals surface area contributed by atoms with Crippen LogP contribution in [0.1, 0.15) is 258 Å². The highest BCUT2D eigenvalue weighted by molar-refractivity contribution is 5.71. The van der Waals surface area contributed by atoms with Gasteiger partial charge in [-0.1, -0.05) is 247 Å². The molecule has 0 spiro atoms. The van der Waals surface area contributed by atoms with Gasteiger partial charge in [-0.2, -0.15) is 0 Å². The van der Waals surface area contributed by atoms with Gasteiger partial charge in [-0.05, 0) is 77.0 Å². The molecule has 1 unspecified atom stereocenters. The Morgan fingerprint density at radius 3 is 1.02 bits per heavy atom. The largest absolute Gasteiger partial charge is 0.462 e. The first-order valence-electron chi connectivity index (χ1n) is 27.6. The molecular formula is C60H102O6. The molecule has 0 fully saturated rings. The zero-order valence-electron chi connectivity index (χ0n) is 43.2. The molecule has 0 aromatic rings. The molecule has 0 radical (unpaired) electrons. The molecule has 0 rings (SSSR count). The van der Waals surface area contributed by atoms with Crippen LogP contribution in [0.4, 0.5) is 0 Å². The van der Waals surface area contributed by atoms with Crippen molar-refractivity contribution >= 4 is 17.9 Å². The molecule has 0 aromatic heterocycles. The average molecular weight is 919 g/mol. The molecule has 0 amide bonds. The zero-order valence-corrected chi connectivity index (χ0v) is 43.2. The molecule has 0 aliphatic heterocycles. The van der Waals surface area contributed by atoms with E-state index in [2.05, 4.69) is 99.8 Å². The molecule has 0 N–H and O–H groups in total. The number of ether oxygens (including phenoxy) is 3. The summed E-state index contributed by atoms with van der Waals surface area (Å²) in [6.07, 6.45) is 70.2. The van der Waals surface area contributed by atoms with Crippen LogP contribution in [-0.4, -0.2) is 37.2 Å². The topological polar surface area (TPSA) is 78.9 Å². The number of carbonyl (C=O) groups excluding carboxylic acids is 3. The first-order valence-corrected chi connectivity index (χ1v) is 27.6. The predicted octanol–water partition coefficient (Wildman–Crippen LogP) is 18.4. The maximum absolute atomic E-state index is 12.8. The molecular weight excluding hydrogens is 817 g/mol. The van der Waals surface area contributed by atoms with Gasteiger partial charge in [0.2, 0.25) is 0 Å². The van der Waals surface area contributed by atoms with Gasteiger partial charge in [0, 0.05) is 19.3 Å². The third kappa shape index (κ3) is 51.6. The van der Waals surface area contributed by atoms with Crippen LogP contribution < -0.4 is 0 Å². The van der Waals surface area contributed by atoms with Gasteiger partial charge in [0.25, 0.3) is 0 Å². The van der Waals surface area contributed by atoms with E-state index < -0.39 is 6.10 Å². The Morgan fingerprint density at radius 2 is 0.621 bits per heavy atom. The number of esters is 3. The molecule has 6 nitrogen and oxygen atoms in total. The number of hydrogen-bond acceptors (Lipinski definition) is 6. The lowest BCUT2D eigenvalue weighted by atomic mass is 10.0. The number of hydrogen-bond donors (Lipinski definition) is 0. The molecule has 0 aromatic carbocycles. The second-order valence-corrected chi connectivity index (χ2v) is 18.1. The summed E-state index contributed by atoms with van der Waals surface area (Å²) >= 11 is 0. The molecule has 0 aliphatic rings. The predicted molar refractivity (Wildman–Crippen MR) is 284 cm³/mol.